The summed E-state index contributed by atoms with van der Waals surface area (Å²) >= 11 is 0. The van der Waals surface area contributed by atoms with E-state index in [2.05, 4.69) is 0 Å². The van der Waals surface area contributed by atoms with Crippen molar-refractivity contribution in [2.24, 2.45) is 5.92 Å². The van der Waals surface area contributed by atoms with Crippen molar-refractivity contribution in [3.05, 3.63) is 35.9 Å². The van der Waals surface area contributed by atoms with Crippen molar-refractivity contribution in [1.29, 1.82) is 0 Å². The Morgan fingerprint density at radius 1 is 1.28 bits per heavy atom. The van der Waals surface area contributed by atoms with Gasteiger partial charge in [0, 0.05) is 20.0 Å². The number of hydrogen-bond acceptors (Lipinski definition) is 3. The van der Waals surface area contributed by atoms with Crippen LogP contribution in [0.15, 0.2) is 30.3 Å². The summed E-state index contributed by atoms with van der Waals surface area (Å²) in [5.41, 5.74) is 0.909. The SMILES string of the molecule is CC(C(=O)Cc1ccccc1)C(=O)N(C)CCO. The average molecular weight is 249 g/mol. The van der Waals surface area contributed by atoms with Crippen molar-refractivity contribution in [2.75, 3.05) is 20.2 Å². The van der Waals surface area contributed by atoms with Crippen LogP contribution in [-0.2, 0) is 16.0 Å². The van der Waals surface area contributed by atoms with Crippen LogP contribution in [0.4, 0.5) is 0 Å². The summed E-state index contributed by atoms with van der Waals surface area (Å²) in [7, 11) is 1.59. The molecule has 18 heavy (non-hydrogen) atoms. The van der Waals surface area contributed by atoms with E-state index in [1.165, 1.54) is 4.90 Å². The van der Waals surface area contributed by atoms with Gasteiger partial charge in [0.05, 0.1) is 12.5 Å². The van der Waals surface area contributed by atoms with E-state index in [-0.39, 0.29) is 31.3 Å². The number of ketones is 1. The van der Waals surface area contributed by atoms with Gasteiger partial charge in [0.2, 0.25) is 5.91 Å². The first-order valence-corrected chi connectivity index (χ1v) is 5.98. The third kappa shape index (κ3) is 3.96. The number of hydrogen-bond donors (Lipinski definition) is 1. The maximum Gasteiger partial charge on any atom is 0.232 e. The largest absolute Gasteiger partial charge is 0.395 e. The van der Waals surface area contributed by atoms with Crippen LogP contribution in [0, 0.1) is 5.92 Å². The zero-order valence-corrected chi connectivity index (χ0v) is 10.8. The second-order valence-electron chi connectivity index (χ2n) is 4.33. The van der Waals surface area contributed by atoms with Gasteiger partial charge in [0.25, 0.3) is 0 Å². The van der Waals surface area contributed by atoms with E-state index < -0.39 is 5.92 Å². The van der Waals surface area contributed by atoms with Gasteiger partial charge in [-0.05, 0) is 12.5 Å². The number of nitrogens with zero attached hydrogens (tertiary/aromatic N) is 1. The van der Waals surface area contributed by atoms with E-state index in [4.69, 9.17) is 5.11 Å². The first-order valence-electron chi connectivity index (χ1n) is 5.98. The van der Waals surface area contributed by atoms with Gasteiger partial charge < -0.3 is 10.0 Å². The third-order valence-corrected chi connectivity index (χ3v) is 2.89. The van der Waals surface area contributed by atoms with Crippen LogP contribution in [0.25, 0.3) is 0 Å². The predicted molar refractivity (Wildman–Crippen MR) is 69.0 cm³/mol. The van der Waals surface area contributed by atoms with Gasteiger partial charge >= 0.3 is 0 Å². The lowest BCUT2D eigenvalue weighted by Crippen LogP contribution is -2.37. The molecule has 0 saturated carbocycles. The maximum atomic E-state index is 12.0. The zero-order valence-electron chi connectivity index (χ0n) is 10.8. The molecule has 1 rings (SSSR count). The fraction of sp³-hybridized carbons (Fsp3) is 0.429. The second-order valence-corrected chi connectivity index (χ2v) is 4.33. The van der Waals surface area contributed by atoms with E-state index in [1.807, 2.05) is 30.3 Å². The van der Waals surface area contributed by atoms with Crippen LogP contribution >= 0.6 is 0 Å². The van der Waals surface area contributed by atoms with Crippen molar-refractivity contribution in [2.45, 2.75) is 13.3 Å². The molecule has 0 fully saturated rings. The first-order chi connectivity index (χ1) is 8.56. The quantitative estimate of drug-likeness (QED) is 0.762. The molecule has 0 aromatic heterocycles. The van der Waals surface area contributed by atoms with Crippen LogP contribution < -0.4 is 0 Å². The molecule has 4 heteroatoms. The third-order valence-electron chi connectivity index (χ3n) is 2.89. The summed E-state index contributed by atoms with van der Waals surface area (Å²) in [4.78, 5) is 25.2. The predicted octanol–water partition coefficient (Wildman–Crippen LogP) is 0.885. The molecule has 0 bridgehead atoms. The van der Waals surface area contributed by atoms with E-state index >= 15 is 0 Å². The highest BCUT2D eigenvalue weighted by molar-refractivity contribution is 6.01. The lowest BCUT2D eigenvalue weighted by Gasteiger charge is -2.19. The van der Waals surface area contributed by atoms with E-state index in [0.29, 0.717) is 0 Å². The monoisotopic (exact) mass is 249 g/mol. The van der Waals surface area contributed by atoms with E-state index in [0.717, 1.165) is 5.56 Å². The number of amides is 1. The molecule has 0 spiro atoms. The highest BCUT2D eigenvalue weighted by Gasteiger charge is 2.23. The molecule has 1 N–H and O–H groups in total. The molecular formula is C14H19NO3. The van der Waals surface area contributed by atoms with Crippen molar-refractivity contribution >= 4 is 11.7 Å². The fourth-order valence-electron chi connectivity index (χ4n) is 1.68. The topological polar surface area (TPSA) is 57.6 Å². The highest BCUT2D eigenvalue weighted by Crippen LogP contribution is 2.08. The van der Waals surface area contributed by atoms with Gasteiger partial charge in [0.15, 0.2) is 0 Å². The molecule has 1 aromatic rings. The molecule has 0 heterocycles. The standard InChI is InChI=1S/C14H19NO3/c1-11(14(18)15(2)8-9-16)13(17)10-12-6-4-3-5-7-12/h3-7,11,16H,8-10H2,1-2H3. The van der Waals surface area contributed by atoms with Crippen LogP contribution in [0.5, 0.6) is 0 Å². The van der Waals surface area contributed by atoms with Crippen molar-refractivity contribution in [1.82, 2.24) is 4.90 Å². The van der Waals surface area contributed by atoms with Crippen molar-refractivity contribution in [3.63, 3.8) is 0 Å². The smallest absolute Gasteiger partial charge is 0.232 e. The Morgan fingerprint density at radius 3 is 2.44 bits per heavy atom. The van der Waals surface area contributed by atoms with Crippen LogP contribution in [-0.4, -0.2) is 41.9 Å². The Bertz CT molecular complexity index is 403. The maximum absolute atomic E-state index is 12.0. The number of likely N-dealkylation sites (N-methyl/N-ethyl adjacent to an activating group) is 1. The van der Waals surface area contributed by atoms with Crippen LogP contribution in [0.1, 0.15) is 12.5 Å². The number of carbonyl (C=O) groups excluding carboxylic acids is 2. The summed E-state index contributed by atoms with van der Waals surface area (Å²) < 4.78 is 0. The van der Waals surface area contributed by atoms with E-state index in [1.54, 1.807) is 14.0 Å². The number of aliphatic hydroxyl groups is 1. The molecule has 1 atom stereocenters. The van der Waals surface area contributed by atoms with Gasteiger partial charge in [-0.25, -0.2) is 0 Å². The molecule has 0 aliphatic carbocycles. The second kappa shape index (κ2) is 6.91. The molecule has 1 aromatic carbocycles. The average Bonchev–Trinajstić information content (AvgIpc) is 2.38. The Kier molecular flexibility index (Phi) is 5.52. The fourth-order valence-corrected chi connectivity index (χ4v) is 1.68. The van der Waals surface area contributed by atoms with Gasteiger partial charge in [-0.3, -0.25) is 9.59 Å². The van der Waals surface area contributed by atoms with Crippen molar-refractivity contribution in [3.8, 4) is 0 Å². The molecule has 0 saturated heterocycles. The molecule has 0 aliphatic rings. The number of rotatable bonds is 6. The lowest BCUT2D eigenvalue weighted by atomic mass is 9.98. The summed E-state index contributed by atoms with van der Waals surface area (Å²) in [5, 5.41) is 8.76. The lowest BCUT2D eigenvalue weighted by molar-refractivity contribution is -0.139. The van der Waals surface area contributed by atoms with Gasteiger partial charge in [-0.2, -0.15) is 0 Å². The molecule has 1 unspecified atom stereocenters. The molecule has 4 nitrogen and oxygen atoms in total. The summed E-state index contributed by atoms with van der Waals surface area (Å²) in [6.07, 6.45) is 0.265. The molecule has 98 valence electrons. The van der Waals surface area contributed by atoms with Crippen LogP contribution in [0.3, 0.4) is 0 Å². The number of Topliss-reactive ketones (excluding diaryl/α,β-unsaturated/α-hetero) is 1. The Balaban J connectivity index is 2.59. The molecule has 1 amide bonds. The van der Waals surface area contributed by atoms with E-state index in [9.17, 15) is 9.59 Å². The minimum Gasteiger partial charge on any atom is -0.395 e. The zero-order chi connectivity index (χ0) is 13.5. The Hall–Kier alpha value is -1.68. The molecular weight excluding hydrogens is 230 g/mol. The number of aliphatic hydroxyl groups excluding tert-OH is 1. The minimum atomic E-state index is -0.665. The number of benzene rings is 1. The van der Waals surface area contributed by atoms with Gasteiger partial charge in [0.1, 0.15) is 5.78 Å². The summed E-state index contributed by atoms with van der Waals surface area (Å²) in [5.74, 6) is -1.01. The van der Waals surface area contributed by atoms with Crippen LogP contribution in [0.2, 0.25) is 0 Å². The summed E-state index contributed by atoms with van der Waals surface area (Å²) in [6, 6.07) is 9.36. The van der Waals surface area contributed by atoms with Gasteiger partial charge in [-0.1, -0.05) is 30.3 Å². The van der Waals surface area contributed by atoms with Crippen molar-refractivity contribution < 1.29 is 14.7 Å². The normalized spacial score (nSPS) is 11.9. The summed E-state index contributed by atoms with van der Waals surface area (Å²) in [6.45, 7) is 1.77. The Labute approximate surface area is 107 Å². The highest BCUT2D eigenvalue weighted by atomic mass is 16.3. The minimum absolute atomic E-state index is 0.0954. The number of carbonyl (C=O) groups is 2. The first kappa shape index (κ1) is 14.4. The molecule has 0 radical (unpaired) electrons. The molecule has 0 aliphatic heterocycles. The Morgan fingerprint density at radius 2 is 1.89 bits per heavy atom. The van der Waals surface area contributed by atoms with Gasteiger partial charge in [-0.15, -0.1) is 0 Å².